The van der Waals surface area contributed by atoms with Crippen molar-refractivity contribution < 1.29 is 9.53 Å². The molecule has 0 saturated heterocycles. The van der Waals surface area contributed by atoms with Crippen molar-refractivity contribution in [1.29, 1.82) is 0 Å². The normalized spacial score (nSPS) is 12.0. The average molecular weight is 222 g/mol. The summed E-state index contributed by atoms with van der Waals surface area (Å²) in [5.74, 6) is -0.337. The number of ether oxygens (including phenoxy) is 1. The Morgan fingerprint density at radius 2 is 2.25 bits per heavy atom. The summed E-state index contributed by atoms with van der Waals surface area (Å²) in [4.78, 5) is 11.4. The summed E-state index contributed by atoms with van der Waals surface area (Å²) >= 11 is 0. The molecule has 4 nitrogen and oxygen atoms in total. The van der Waals surface area contributed by atoms with Gasteiger partial charge in [-0.1, -0.05) is 0 Å². The Bertz CT molecular complexity index is 386. The van der Waals surface area contributed by atoms with E-state index in [1.54, 1.807) is 17.0 Å². The molecule has 4 heteroatoms. The second-order valence-corrected chi connectivity index (χ2v) is 4.44. The molecule has 0 saturated carbocycles. The first-order valence-corrected chi connectivity index (χ1v) is 5.35. The fourth-order valence-electron chi connectivity index (χ4n) is 1.24. The zero-order valence-electron chi connectivity index (χ0n) is 10.2. The predicted molar refractivity (Wildman–Crippen MR) is 62.8 cm³/mol. The minimum atomic E-state index is -0.452. The van der Waals surface area contributed by atoms with Crippen LogP contribution in [0.15, 0.2) is 18.3 Å². The van der Waals surface area contributed by atoms with Gasteiger partial charge in [-0.2, -0.15) is 5.10 Å². The highest BCUT2D eigenvalue weighted by atomic mass is 16.6. The Morgan fingerprint density at radius 3 is 2.81 bits per heavy atom. The third-order valence-electron chi connectivity index (χ3n) is 1.85. The number of hydrogen-bond acceptors (Lipinski definition) is 3. The molecule has 0 unspecified atom stereocenters. The van der Waals surface area contributed by atoms with Crippen LogP contribution < -0.4 is 0 Å². The molecule has 0 radical (unpaired) electrons. The van der Waals surface area contributed by atoms with Gasteiger partial charge in [-0.05, 0) is 39.8 Å². The smallest absolute Gasteiger partial charge is 0.331 e. The van der Waals surface area contributed by atoms with Crippen LogP contribution in [0.4, 0.5) is 0 Å². The number of aryl methyl sites for hydroxylation is 1. The van der Waals surface area contributed by atoms with Gasteiger partial charge in [0.05, 0.1) is 5.69 Å². The maximum Gasteiger partial charge on any atom is 0.331 e. The van der Waals surface area contributed by atoms with Crippen LogP contribution in [0.1, 0.15) is 33.4 Å². The summed E-state index contributed by atoms with van der Waals surface area (Å²) in [7, 11) is 0. The zero-order chi connectivity index (χ0) is 12.2. The second kappa shape index (κ2) is 4.96. The Kier molecular flexibility index (Phi) is 3.88. The van der Waals surface area contributed by atoms with Crippen molar-refractivity contribution >= 4 is 12.0 Å². The van der Waals surface area contributed by atoms with E-state index in [1.807, 2.05) is 33.8 Å². The van der Waals surface area contributed by atoms with E-state index >= 15 is 0 Å². The Labute approximate surface area is 95.9 Å². The fourth-order valence-corrected chi connectivity index (χ4v) is 1.24. The van der Waals surface area contributed by atoms with E-state index in [-0.39, 0.29) is 5.97 Å². The van der Waals surface area contributed by atoms with Gasteiger partial charge in [-0.25, -0.2) is 4.79 Å². The third kappa shape index (κ3) is 3.88. The lowest BCUT2D eigenvalue weighted by atomic mass is 10.2. The largest absolute Gasteiger partial charge is 0.457 e. The van der Waals surface area contributed by atoms with Gasteiger partial charge in [0.15, 0.2) is 0 Å². The monoisotopic (exact) mass is 222 g/mol. The summed E-state index contributed by atoms with van der Waals surface area (Å²) < 4.78 is 6.96. The Hall–Kier alpha value is -1.58. The molecule has 1 aromatic heterocycles. The van der Waals surface area contributed by atoms with Crippen LogP contribution in [0.25, 0.3) is 6.08 Å². The lowest BCUT2D eigenvalue weighted by Crippen LogP contribution is -2.22. The van der Waals surface area contributed by atoms with E-state index in [0.29, 0.717) is 0 Å². The van der Waals surface area contributed by atoms with Crippen molar-refractivity contribution in [3.8, 4) is 0 Å². The molecule has 0 fully saturated rings. The molecule has 16 heavy (non-hydrogen) atoms. The van der Waals surface area contributed by atoms with Gasteiger partial charge in [0.1, 0.15) is 5.60 Å². The zero-order valence-corrected chi connectivity index (χ0v) is 10.2. The molecule has 1 rings (SSSR count). The highest BCUT2D eigenvalue weighted by Crippen LogP contribution is 2.08. The molecule has 0 aliphatic carbocycles. The molecule has 0 atom stereocenters. The molecule has 0 N–H and O–H groups in total. The topological polar surface area (TPSA) is 44.1 Å². The summed E-state index contributed by atoms with van der Waals surface area (Å²) in [5.41, 5.74) is 0.445. The molecule has 88 valence electrons. The van der Waals surface area contributed by atoms with Crippen LogP contribution in [0, 0.1) is 0 Å². The number of rotatable bonds is 3. The van der Waals surface area contributed by atoms with E-state index in [9.17, 15) is 4.79 Å². The number of carbonyl (C=O) groups excluding carboxylic acids is 1. The number of nitrogens with zero attached hydrogens (tertiary/aromatic N) is 2. The van der Waals surface area contributed by atoms with Gasteiger partial charge in [0.25, 0.3) is 0 Å². The third-order valence-corrected chi connectivity index (χ3v) is 1.85. The van der Waals surface area contributed by atoms with Gasteiger partial charge < -0.3 is 4.74 Å². The molecule has 1 aromatic rings. The van der Waals surface area contributed by atoms with Crippen LogP contribution in [0.5, 0.6) is 0 Å². The Morgan fingerprint density at radius 1 is 1.56 bits per heavy atom. The molecule has 0 spiro atoms. The van der Waals surface area contributed by atoms with Gasteiger partial charge in [-0.15, -0.1) is 0 Å². The van der Waals surface area contributed by atoms with Crippen LogP contribution in [0.2, 0.25) is 0 Å². The maximum absolute atomic E-state index is 11.4. The van der Waals surface area contributed by atoms with Gasteiger partial charge >= 0.3 is 5.97 Å². The Balaban J connectivity index is 2.64. The van der Waals surface area contributed by atoms with E-state index in [2.05, 4.69) is 5.10 Å². The van der Waals surface area contributed by atoms with Crippen molar-refractivity contribution in [3.05, 3.63) is 24.0 Å². The quantitative estimate of drug-likeness (QED) is 0.582. The first-order valence-electron chi connectivity index (χ1n) is 5.35. The molecular formula is C12H18N2O2. The summed E-state index contributed by atoms with van der Waals surface area (Å²) in [6.45, 7) is 8.30. The number of hydrogen-bond donors (Lipinski definition) is 0. The van der Waals surface area contributed by atoms with Gasteiger partial charge in [0.2, 0.25) is 0 Å². The van der Waals surface area contributed by atoms with Crippen LogP contribution in [-0.4, -0.2) is 21.4 Å². The minimum absolute atomic E-state index is 0.337. The van der Waals surface area contributed by atoms with Crippen molar-refractivity contribution in [2.75, 3.05) is 0 Å². The predicted octanol–water partition coefficient (Wildman–Crippen LogP) is 2.26. The number of carbonyl (C=O) groups is 1. The lowest BCUT2D eigenvalue weighted by molar-refractivity contribution is -0.148. The van der Waals surface area contributed by atoms with Gasteiger partial charge in [-0.3, -0.25) is 4.68 Å². The summed E-state index contributed by atoms with van der Waals surface area (Å²) in [6.07, 6.45) is 4.84. The maximum atomic E-state index is 11.4. The minimum Gasteiger partial charge on any atom is -0.457 e. The molecule has 0 bridgehead atoms. The molecule has 0 amide bonds. The van der Waals surface area contributed by atoms with E-state index in [4.69, 9.17) is 4.74 Å². The second-order valence-electron chi connectivity index (χ2n) is 4.44. The molecule has 0 aromatic carbocycles. The highest BCUT2D eigenvalue weighted by molar-refractivity contribution is 5.87. The summed E-state index contributed by atoms with van der Waals surface area (Å²) in [5, 5.41) is 4.10. The SMILES string of the molecule is CCn1nccc1/C=C/C(=O)OC(C)(C)C. The summed E-state index contributed by atoms with van der Waals surface area (Å²) in [6, 6.07) is 1.85. The first kappa shape index (κ1) is 12.5. The lowest BCUT2D eigenvalue weighted by Gasteiger charge is -2.17. The van der Waals surface area contributed by atoms with Crippen molar-refractivity contribution in [2.24, 2.45) is 0 Å². The molecule has 0 aliphatic rings. The standard InChI is InChI=1S/C12H18N2O2/c1-5-14-10(8-9-13-14)6-7-11(15)16-12(2,3)4/h6-9H,5H2,1-4H3/b7-6+. The van der Waals surface area contributed by atoms with Crippen LogP contribution in [0.3, 0.4) is 0 Å². The molecular weight excluding hydrogens is 204 g/mol. The van der Waals surface area contributed by atoms with Gasteiger partial charge in [0, 0.05) is 18.8 Å². The van der Waals surface area contributed by atoms with E-state index in [1.165, 1.54) is 6.08 Å². The van der Waals surface area contributed by atoms with Crippen molar-refractivity contribution in [3.63, 3.8) is 0 Å². The first-order chi connectivity index (χ1) is 7.42. The molecule has 0 aliphatic heterocycles. The van der Waals surface area contributed by atoms with E-state index < -0.39 is 5.60 Å². The average Bonchev–Trinajstić information content (AvgIpc) is 2.59. The van der Waals surface area contributed by atoms with Crippen molar-refractivity contribution in [2.45, 2.75) is 39.8 Å². The van der Waals surface area contributed by atoms with Crippen LogP contribution in [-0.2, 0) is 16.1 Å². The highest BCUT2D eigenvalue weighted by Gasteiger charge is 2.13. The number of esters is 1. The number of aromatic nitrogens is 2. The van der Waals surface area contributed by atoms with Crippen molar-refractivity contribution in [1.82, 2.24) is 9.78 Å². The van der Waals surface area contributed by atoms with E-state index in [0.717, 1.165) is 12.2 Å². The fraction of sp³-hybridized carbons (Fsp3) is 0.500. The molecule has 1 heterocycles. The van der Waals surface area contributed by atoms with Crippen LogP contribution >= 0.6 is 0 Å².